The molecule has 2 amide bonds. The fourth-order valence-electron chi connectivity index (χ4n) is 2.10. The van der Waals surface area contributed by atoms with Crippen molar-refractivity contribution in [2.45, 2.75) is 6.42 Å². The van der Waals surface area contributed by atoms with Crippen LogP contribution >= 0.6 is 0 Å². The molecule has 2 aromatic rings. The van der Waals surface area contributed by atoms with Crippen LogP contribution in [0.2, 0.25) is 0 Å². The number of aromatic nitrogens is 3. The molecule has 8 heteroatoms. The van der Waals surface area contributed by atoms with Gasteiger partial charge in [0, 0.05) is 24.9 Å². The predicted octanol–water partition coefficient (Wildman–Crippen LogP) is 0.848. The Morgan fingerprint density at radius 1 is 1.45 bits per heavy atom. The Hall–Kier alpha value is -2.90. The van der Waals surface area contributed by atoms with E-state index in [-0.39, 0.29) is 11.9 Å². The molecule has 3 rings (SSSR count). The second-order valence-corrected chi connectivity index (χ2v) is 4.28. The molecule has 0 aromatic carbocycles. The molecule has 0 unspecified atom stereocenters. The van der Waals surface area contributed by atoms with E-state index in [1.54, 1.807) is 12.1 Å². The van der Waals surface area contributed by atoms with E-state index in [4.69, 9.17) is 5.11 Å². The van der Waals surface area contributed by atoms with Crippen LogP contribution in [-0.4, -0.2) is 38.6 Å². The molecule has 0 aliphatic carbocycles. The monoisotopic (exact) mass is 273 g/mol. The van der Waals surface area contributed by atoms with Crippen molar-refractivity contribution >= 4 is 17.9 Å². The molecule has 0 radical (unpaired) electrons. The number of carbonyl (C=O) groups excluding carboxylic acids is 1. The summed E-state index contributed by atoms with van der Waals surface area (Å²) >= 11 is 0. The maximum atomic E-state index is 11.7. The van der Waals surface area contributed by atoms with E-state index in [2.05, 4.69) is 25.6 Å². The Morgan fingerprint density at radius 2 is 2.30 bits per heavy atom. The third-order valence-electron chi connectivity index (χ3n) is 2.95. The van der Waals surface area contributed by atoms with E-state index in [1.165, 1.54) is 6.20 Å². The minimum Gasteiger partial charge on any atom is -0.465 e. The number of hydrogen-bond donors (Lipinski definition) is 4. The summed E-state index contributed by atoms with van der Waals surface area (Å²) in [7, 11) is 0. The van der Waals surface area contributed by atoms with Crippen LogP contribution in [0.3, 0.4) is 0 Å². The first-order valence-corrected chi connectivity index (χ1v) is 5.97. The molecule has 102 valence electrons. The van der Waals surface area contributed by atoms with Crippen LogP contribution in [0.1, 0.15) is 16.1 Å². The summed E-state index contributed by atoms with van der Waals surface area (Å²) in [6.45, 7) is 0.599. The van der Waals surface area contributed by atoms with Crippen LogP contribution in [0.25, 0.3) is 11.4 Å². The van der Waals surface area contributed by atoms with Crippen molar-refractivity contribution in [2.75, 3.05) is 11.9 Å². The maximum Gasteiger partial charge on any atom is 0.411 e. The summed E-state index contributed by atoms with van der Waals surface area (Å²) in [6, 6.07) is 3.35. The van der Waals surface area contributed by atoms with Gasteiger partial charge < -0.3 is 15.4 Å². The molecule has 0 atom stereocenters. The van der Waals surface area contributed by atoms with Gasteiger partial charge in [0.05, 0.1) is 17.0 Å². The molecule has 0 saturated carbocycles. The zero-order valence-corrected chi connectivity index (χ0v) is 10.3. The number of anilines is 1. The van der Waals surface area contributed by atoms with Crippen molar-refractivity contribution in [3.05, 3.63) is 29.6 Å². The highest BCUT2D eigenvalue weighted by Crippen LogP contribution is 2.22. The molecule has 1 aliphatic heterocycles. The standard InChI is InChI=1S/C12H11N5O3/c18-10-6-5-9(15-7(6)1-3-13-10)8-2-4-14-11(16-8)17-12(19)20/h2,4-5,15H,1,3H2,(H,13,18)(H,19,20)(H,14,16,17). The second-order valence-electron chi connectivity index (χ2n) is 4.28. The lowest BCUT2D eigenvalue weighted by Crippen LogP contribution is -2.31. The van der Waals surface area contributed by atoms with Gasteiger partial charge in [0.25, 0.3) is 5.91 Å². The van der Waals surface area contributed by atoms with Crippen LogP contribution in [0.15, 0.2) is 18.3 Å². The molecule has 0 fully saturated rings. The van der Waals surface area contributed by atoms with E-state index in [0.717, 1.165) is 12.1 Å². The minimum absolute atomic E-state index is 0.00739. The third-order valence-corrected chi connectivity index (χ3v) is 2.95. The normalized spacial score (nSPS) is 13.5. The first kappa shape index (κ1) is 12.2. The summed E-state index contributed by atoms with van der Waals surface area (Å²) in [6.07, 6.45) is 0.951. The topological polar surface area (TPSA) is 120 Å². The van der Waals surface area contributed by atoms with Crippen LogP contribution in [0, 0.1) is 0 Å². The number of carbonyl (C=O) groups is 2. The van der Waals surface area contributed by atoms with Gasteiger partial charge in [-0.25, -0.2) is 14.8 Å². The lowest BCUT2D eigenvalue weighted by molar-refractivity contribution is 0.0946. The summed E-state index contributed by atoms with van der Waals surface area (Å²) in [4.78, 5) is 33.3. The largest absolute Gasteiger partial charge is 0.465 e. The fourth-order valence-corrected chi connectivity index (χ4v) is 2.10. The number of amides is 2. The van der Waals surface area contributed by atoms with Crippen LogP contribution < -0.4 is 10.6 Å². The summed E-state index contributed by atoms with van der Waals surface area (Å²) < 4.78 is 0. The van der Waals surface area contributed by atoms with Gasteiger partial charge in [-0.1, -0.05) is 0 Å². The summed E-state index contributed by atoms with van der Waals surface area (Å²) in [5, 5.41) is 13.5. The molecular weight excluding hydrogens is 262 g/mol. The Labute approximate surface area is 113 Å². The number of nitrogens with one attached hydrogen (secondary N) is 3. The predicted molar refractivity (Wildman–Crippen MR) is 69.5 cm³/mol. The fraction of sp³-hybridized carbons (Fsp3) is 0.167. The average Bonchev–Trinajstić information content (AvgIpc) is 2.84. The summed E-state index contributed by atoms with van der Waals surface area (Å²) in [5.41, 5.74) is 2.63. The van der Waals surface area contributed by atoms with Crippen molar-refractivity contribution in [2.24, 2.45) is 0 Å². The van der Waals surface area contributed by atoms with Crippen molar-refractivity contribution in [1.29, 1.82) is 0 Å². The zero-order chi connectivity index (χ0) is 14.1. The van der Waals surface area contributed by atoms with Gasteiger partial charge in [0.2, 0.25) is 5.95 Å². The lowest BCUT2D eigenvalue weighted by atomic mass is 10.1. The van der Waals surface area contributed by atoms with Gasteiger partial charge in [0.1, 0.15) is 0 Å². The second kappa shape index (κ2) is 4.65. The average molecular weight is 273 g/mol. The quantitative estimate of drug-likeness (QED) is 0.646. The van der Waals surface area contributed by atoms with Crippen LogP contribution in [0.4, 0.5) is 10.7 Å². The van der Waals surface area contributed by atoms with Gasteiger partial charge >= 0.3 is 6.09 Å². The van der Waals surface area contributed by atoms with Gasteiger partial charge in [-0.2, -0.15) is 0 Å². The molecule has 1 aliphatic rings. The molecule has 3 heterocycles. The Bertz CT molecular complexity index is 694. The number of nitrogens with zero attached hydrogens (tertiary/aromatic N) is 2. The molecule has 8 nitrogen and oxygen atoms in total. The highest BCUT2D eigenvalue weighted by molar-refractivity contribution is 5.97. The first-order chi connectivity index (χ1) is 9.63. The number of rotatable bonds is 2. The number of carboxylic acid groups (broad SMARTS) is 1. The molecule has 0 saturated heterocycles. The lowest BCUT2D eigenvalue weighted by Gasteiger charge is -2.10. The molecule has 20 heavy (non-hydrogen) atoms. The van der Waals surface area contributed by atoms with Crippen molar-refractivity contribution in [1.82, 2.24) is 20.3 Å². The minimum atomic E-state index is -1.23. The molecular formula is C12H11N5O3. The van der Waals surface area contributed by atoms with Gasteiger partial charge in [-0.05, 0) is 12.1 Å². The van der Waals surface area contributed by atoms with Crippen molar-refractivity contribution in [3.8, 4) is 11.4 Å². The van der Waals surface area contributed by atoms with Crippen LogP contribution in [0.5, 0.6) is 0 Å². The maximum absolute atomic E-state index is 11.7. The summed E-state index contributed by atoms with van der Waals surface area (Å²) in [5.74, 6) is -0.126. The first-order valence-electron chi connectivity index (χ1n) is 5.97. The smallest absolute Gasteiger partial charge is 0.411 e. The SMILES string of the molecule is O=C(O)Nc1nccc(-c2cc3c([nH]2)CCNC3=O)n1. The van der Waals surface area contributed by atoms with Crippen LogP contribution in [-0.2, 0) is 6.42 Å². The van der Waals surface area contributed by atoms with E-state index < -0.39 is 6.09 Å². The Kier molecular flexibility index (Phi) is 2.82. The Morgan fingerprint density at radius 3 is 3.05 bits per heavy atom. The number of fused-ring (bicyclic) bond motifs is 1. The van der Waals surface area contributed by atoms with Crippen molar-refractivity contribution in [3.63, 3.8) is 0 Å². The molecule has 2 aromatic heterocycles. The van der Waals surface area contributed by atoms with Gasteiger partial charge in [0.15, 0.2) is 0 Å². The van der Waals surface area contributed by atoms with E-state index in [1.807, 2.05) is 0 Å². The Balaban J connectivity index is 1.97. The van der Waals surface area contributed by atoms with E-state index in [0.29, 0.717) is 23.5 Å². The number of hydrogen-bond acceptors (Lipinski definition) is 4. The van der Waals surface area contributed by atoms with Gasteiger partial charge in [-0.3, -0.25) is 10.1 Å². The van der Waals surface area contributed by atoms with Crippen molar-refractivity contribution < 1.29 is 14.7 Å². The van der Waals surface area contributed by atoms with E-state index in [9.17, 15) is 9.59 Å². The van der Waals surface area contributed by atoms with E-state index >= 15 is 0 Å². The highest BCUT2D eigenvalue weighted by atomic mass is 16.4. The molecule has 0 bridgehead atoms. The highest BCUT2D eigenvalue weighted by Gasteiger charge is 2.20. The number of aromatic amines is 1. The van der Waals surface area contributed by atoms with Gasteiger partial charge in [-0.15, -0.1) is 0 Å². The molecule has 4 N–H and O–H groups in total. The number of H-pyrrole nitrogens is 1. The zero-order valence-electron chi connectivity index (χ0n) is 10.3. The third kappa shape index (κ3) is 2.18. The molecule has 0 spiro atoms.